The van der Waals surface area contributed by atoms with Gasteiger partial charge in [0.25, 0.3) is 0 Å². The summed E-state index contributed by atoms with van der Waals surface area (Å²) in [7, 11) is 0. The summed E-state index contributed by atoms with van der Waals surface area (Å²) >= 11 is 3.74. The SMILES string of the molecule is C=Cc1ccc(Cn2c3ccccc3c3ccc(-c4ccc(-c5ccc(-c6ccc7c8ccccc8n(Cc8ccc(C=C)cc8)c7c6)s5)s4)cc32)cc1. The predicted molar refractivity (Wildman–Crippen MR) is 236 cm³/mol. The first-order chi connectivity index (χ1) is 26.6. The Morgan fingerprint density at radius 1 is 0.389 bits per heavy atom. The molecule has 0 saturated heterocycles. The van der Waals surface area contributed by atoms with E-state index in [0.717, 1.165) is 24.2 Å². The molecule has 0 aliphatic heterocycles. The maximum absolute atomic E-state index is 3.92. The third kappa shape index (κ3) is 5.63. The highest BCUT2D eigenvalue weighted by Crippen LogP contribution is 2.43. The third-order valence-electron chi connectivity index (χ3n) is 10.7. The number of nitrogens with zero attached hydrogens (tertiary/aromatic N) is 2. The van der Waals surface area contributed by atoms with Crippen molar-refractivity contribution in [3.05, 3.63) is 193 Å². The summed E-state index contributed by atoms with van der Waals surface area (Å²) < 4.78 is 4.93. The van der Waals surface area contributed by atoms with Crippen molar-refractivity contribution in [3.8, 4) is 30.6 Å². The van der Waals surface area contributed by atoms with Crippen molar-refractivity contribution in [1.82, 2.24) is 9.13 Å². The van der Waals surface area contributed by atoms with Crippen LogP contribution in [0.25, 0.3) is 86.4 Å². The summed E-state index contributed by atoms with van der Waals surface area (Å²) in [6, 6.07) is 58.0. The molecule has 0 atom stereocenters. The van der Waals surface area contributed by atoms with Crippen LogP contribution in [0.5, 0.6) is 0 Å². The van der Waals surface area contributed by atoms with Crippen LogP contribution in [0.2, 0.25) is 0 Å². The van der Waals surface area contributed by atoms with Crippen LogP contribution in [-0.4, -0.2) is 9.13 Å². The monoisotopic (exact) mass is 728 g/mol. The van der Waals surface area contributed by atoms with Crippen molar-refractivity contribution in [2.24, 2.45) is 0 Å². The number of rotatable bonds is 9. The van der Waals surface area contributed by atoms with Crippen LogP contribution in [0.4, 0.5) is 0 Å². The number of aromatic nitrogens is 2. The van der Waals surface area contributed by atoms with Crippen LogP contribution < -0.4 is 0 Å². The van der Waals surface area contributed by atoms with E-state index < -0.39 is 0 Å². The Balaban J connectivity index is 0.980. The first-order valence-electron chi connectivity index (χ1n) is 18.3. The molecular formula is C50H36N2S2. The molecular weight excluding hydrogens is 693 g/mol. The second-order valence-corrected chi connectivity index (χ2v) is 16.1. The van der Waals surface area contributed by atoms with E-state index in [1.165, 1.54) is 85.4 Å². The van der Waals surface area contributed by atoms with E-state index >= 15 is 0 Å². The van der Waals surface area contributed by atoms with Crippen LogP contribution >= 0.6 is 22.7 Å². The summed E-state index contributed by atoms with van der Waals surface area (Å²) in [4.78, 5) is 5.15. The van der Waals surface area contributed by atoms with Crippen LogP contribution in [0.3, 0.4) is 0 Å². The van der Waals surface area contributed by atoms with E-state index in [-0.39, 0.29) is 0 Å². The van der Waals surface area contributed by atoms with E-state index in [1.54, 1.807) is 0 Å². The first-order valence-corrected chi connectivity index (χ1v) is 19.9. The topological polar surface area (TPSA) is 9.86 Å². The molecule has 4 aromatic heterocycles. The van der Waals surface area contributed by atoms with Crippen LogP contribution in [-0.2, 0) is 13.1 Å². The van der Waals surface area contributed by atoms with Crippen molar-refractivity contribution in [2.45, 2.75) is 13.1 Å². The van der Waals surface area contributed by atoms with Crippen LogP contribution in [0, 0.1) is 0 Å². The van der Waals surface area contributed by atoms with Crippen molar-refractivity contribution in [3.63, 3.8) is 0 Å². The molecule has 4 heterocycles. The van der Waals surface area contributed by atoms with E-state index in [4.69, 9.17) is 0 Å². The molecule has 6 aromatic carbocycles. The van der Waals surface area contributed by atoms with Gasteiger partial charge in [-0.25, -0.2) is 0 Å². The average Bonchev–Trinajstić information content (AvgIpc) is 4.04. The lowest BCUT2D eigenvalue weighted by Crippen LogP contribution is -1.99. The van der Waals surface area contributed by atoms with Gasteiger partial charge in [0.1, 0.15) is 0 Å². The highest BCUT2D eigenvalue weighted by molar-refractivity contribution is 7.25. The summed E-state index contributed by atoms with van der Waals surface area (Å²) in [5, 5.41) is 5.16. The number of hydrogen-bond donors (Lipinski definition) is 0. The zero-order chi connectivity index (χ0) is 36.2. The zero-order valence-electron chi connectivity index (χ0n) is 29.7. The third-order valence-corrected chi connectivity index (χ3v) is 13.1. The molecule has 4 heteroatoms. The highest BCUT2D eigenvalue weighted by Gasteiger charge is 2.16. The van der Waals surface area contributed by atoms with Gasteiger partial charge in [-0.05, 0) is 81.9 Å². The zero-order valence-corrected chi connectivity index (χ0v) is 31.3. The van der Waals surface area contributed by atoms with Gasteiger partial charge in [-0.3, -0.25) is 0 Å². The fourth-order valence-corrected chi connectivity index (χ4v) is 9.98. The van der Waals surface area contributed by atoms with Gasteiger partial charge >= 0.3 is 0 Å². The summed E-state index contributed by atoms with van der Waals surface area (Å²) in [5.74, 6) is 0. The smallest absolute Gasteiger partial charge is 0.0501 e. The molecule has 0 bridgehead atoms. The second kappa shape index (κ2) is 13.3. The number of fused-ring (bicyclic) bond motifs is 6. The van der Waals surface area contributed by atoms with Gasteiger partial charge in [-0.2, -0.15) is 0 Å². The normalized spacial score (nSPS) is 11.6. The lowest BCUT2D eigenvalue weighted by Gasteiger charge is -2.09. The maximum atomic E-state index is 3.92. The fourth-order valence-electron chi connectivity index (χ4n) is 7.88. The maximum Gasteiger partial charge on any atom is 0.0501 e. The Kier molecular flexibility index (Phi) is 8.01. The van der Waals surface area contributed by atoms with Crippen molar-refractivity contribution in [1.29, 1.82) is 0 Å². The molecule has 54 heavy (non-hydrogen) atoms. The Morgan fingerprint density at radius 2 is 0.778 bits per heavy atom. The van der Waals surface area contributed by atoms with Crippen molar-refractivity contribution < 1.29 is 0 Å². The van der Waals surface area contributed by atoms with Crippen molar-refractivity contribution in [2.75, 3.05) is 0 Å². The molecule has 258 valence electrons. The van der Waals surface area contributed by atoms with Crippen LogP contribution in [0.1, 0.15) is 22.3 Å². The summed E-state index contributed by atoms with van der Waals surface area (Å²) in [6.07, 6.45) is 3.80. The second-order valence-electron chi connectivity index (χ2n) is 13.9. The largest absolute Gasteiger partial charge is 0.336 e. The van der Waals surface area contributed by atoms with Gasteiger partial charge in [-0.15, -0.1) is 22.7 Å². The minimum Gasteiger partial charge on any atom is -0.336 e. The van der Waals surface area contributed by atoms with Gasteiger partial charge in [0, 0.05) is 65.2 Å². The number of para-hydroxylation sites is 2. The summed E-state index contributed by atoms with van der Waals surface area (Å²) in [6.45, 7) is 9.47. The van der Waals surface area contributed by atoms with Gasteiger partial charge in [0.05, 0.1) is 11.0 Å². The number of benzene rings is 6. The number of hydrogen-bond acceptors (Lipinski definition) is 2. The van der Waals surface area contributed by atoms with Gasteiger partial charge in [-0.1, -0.05) is 135 Å². The Labute approximate surface area is 322 Å². The molecule has 10 aromatic rings. The van der Waals surface area contributed by atoms with Crippen LogP contribution in [0.15, 0.2) is 171 Å². The minimum absolute atomic E-state index is 0.813. The lowest BCUT2D eigenvalue weighted by atomic mass is 10.1. The molecule has 10 rings (SSSR count). The Bertz CT molecular complexity index is 2810. The molecule has 0 unspecified atom stereocenters. The molecule has 0 spiro atoms. The minimum atomic E-state index is 0.813. The van der Waals surface area contributed by atoms with E-state index in [1.807, 2.05) is 34.8 Å². The quantitative estimate of drug-likeness (QED) is 0.140. The van der Waals surface area contributed by atoms with Gasteiger partial charge < -0.3 is 9.13 Å². The first kappa shape index (κ1) is 32.5. The van der Waals surface area contributed by atoms with E-state index in [0.29, 0.717) is 0 Å². The Hall–Kier alpha value is -6.20. The molecule has 0 amide bonds. The van der Waals surface area contributed by atoms with E-state index in [9.17, 15) is 0 Å². The molecule has 2 nitrogen and oxygen atoms in total. The summed E-state index contributed by atoms with van der Waals surface area (Å²) in [5.41, 5.74) is 12.4. The van der Waals surface area contributed by atoms with E-state index in [2.05, 4.69) is 180 Å². The fraction of sp³-hybridized carbons (Fsp3) is 0.0400. The van der Waals surface area contributed by atoms with Gasteiger partial charge in [0.15, 0.2) is 0 Å². The molecule has 0 saturated carbocycles. The van der Waals surface area contributed by atoms with Gasteiger partial charge in [0.2, 0.25) is 0 Å². The molecule has 0 fully saturated rings. The molecule has 0 radical (unpaired) electrons. The Morgan fingerprint density at radius 3 is 1.20 bits per heavy atom. The van der Waals surface area contributed by atoms with Crippen molar-refractivity contribution >= 4 is 78.4 Å². The molecule has 0 N–H and O–H groups in total. The molecule has 0 aliphatic rings. The predicted octanol–water partition coefficient (Wildman–Crippen LogP) is 14.4. The highest BCUT2D eigenvalue weighted by atomic mass is 32.1. The molecule has 0 aliphatic carbocycles. The standard InChI is InChI=1S/C50H36N2S2/c1-3-33-13-17-35(18-14-33)31-51-43-11-7-5-9-39(43)41-23-21-37(29-45(41)51)47-25-27-49(53-47)50-28-26-48(54-50)38-22-24-42-40-10-6-8-12-44(40)52(46(42)30-38)32-36-19-15-34(4-2)16-20-36/h3-30H,1-2,31-32H2. The lowest BCUT2D eigenvalue weighted by molar-refractivity contribution is 0.869. The number of thiophene rings is 2. The average molecular weight is 729 g/mol.